The zero-order valence-electron chi connectivity index (χ0n) is 15.6. The van der Waals surface area contributed by atoms with Gasteiger partial charge in [0.15, 0.2) is 6.10 Å². The van der Waals surface area contributed by atoms with Crippen LogP contribution in [0.4, 0.5) is 0 Å². The number of aromatic nitrogens is 2. The summed E-state index contributed by atoms with van der Waals surface area (Å²) in [5.74, 6) is 2.08. The summed E-state index contributed by atoms with van der Waals surface area (Å²) in [5.41, 5.74) is 2.30. The number of ether oxygens (including phenoxy) is 2. The summed E-state index contributed by atoms with van der Waals surface area (Å²) in [6.07, 6.45) is 8.89. The van der Waals surface area contributed by atoms with Gasteiger partial charge in [-0.05, 0) is 55.2 Å². The van der Waals surface area contributed by atoms with Crippen molar-refractivity contribution in [1.29, 1.82) is 0 Å². The van der Waals surface area contributed by atoms with Crippen LogP contribution >= 0.6 is 0 Å². The maximum Gasteiger partial charge on any atom is 0.300 e. The molecule has 0 saturated heterocycles. The van der Waals surface area contributed by atoms with Gasteiger partial charge in [-0.25, -0.2) is 0 Å². The SMILES string of the molecule is O=c1cc(C2CC2)n2c(n1)OC(COc1ccc(C3CCCCC3)cc1)C2. The van der Waals surface area contributed by atoms with Gasteiger partial charge in [-0.15, -0.1) is 0 Å². The Labute approximate surface area is 159 Å². The third-order valence-corrected chi connectivity index (χ3v) is 6.07. The lowest BCUT2D eigenvalue weighted by Crippen LogP contribution is -2.23. The Bertz CT molecular complexity index is 864. The fourth-order valence-corrected chi connectivity index (χ4v) is 4.43. The maximum atomic E-state index is 11.8. The van der Waals surface area contributed by atoms with Crippen molar-refractivity contribution in [1.82, 2.24) is 9.55 Å². The van der Waals surface area contributed by atoms with Gasteiger partial charge in [-0.3, -0.25) is 9.36 Å². The van der Waals surface area contributed by atoms with Crippen LogP contribution in [-0.4, -0.2) is 22.3 Å². The highest BCUT2D eigenvalue weighted by Gasteiger charge is 2.33. The highest BCUT2D eigenvalue weighted by atomic mass is 16.6. The van der Waals surface area contributed by atoms with Gasteiger partial charge in [0, 0.05) is 11.8 Å². The van der Waals surface area contributed by atoms with E-state index in [-0.39, 0.29) is 11.7 Å². The summed E-state index contributed by atoms with van der Waals surface area (Å²) in [7, 11) is 0. The first-order chi connectivity index (χ1) is 13.3. The minimum atomic E-state index is -0.206. The van der Waals surface area contributed by atoms with Crippen LogP contribution in [0.3, 0.4) is 0 Å². The first kappa shape index (κ1) is 16.8. The van der Waals surface area contributed by atoms with Crippen molar-refractivity contribution in [3.8, 4) is 11.8 Å². The summed E-state index contributed by atoms with van der Waals surface area (Å²) < 4.78 is 13.9. The van der Waals surface area contributed by atoms with Crippen molar-refractivity contribution in [3.63, 3.8) is 0 Å². The van der Waals surface area contributed by atoms with Crippen molar-refractivity contribution >= 4 is 0 Å². The number of benzene rings is 1. The smallest absolute Gasteiger partial charge is 0.300 e. The van der Waals surface area contributed by atoms with Crippen molar-refractivity contribution < 1.29 is 9.47 Å². The molecule has 5 rings (SSSR count). The molecule has 0 N–H and O–H groups in total. The molecule has 0 bridgehead atoms. The maximum absolute atomic E-state index is 11.8. The largest absolute Gasteiger partial charge is 0.490 e. The lowest BCUT2D eigenvalue weighted by molar-refractivity contribution is 0.143. The zero-order chi connectivity index (χ0) is 18.2. The summed E-state index contributed by atoms with van der Waals surface area (Å²) in [5, 5.41) is 0. The Morgan fingerprint density at radius 2 is 1.81 bits per heavy atom. The van der Waals surface area contributed by atoms with Gasteiger partial charge in [0.2, 0.25) is 0 Å². The number of nitrogens with zero attached hydrogens (tertiary/aromatic N) is 2. The van der Waals surface area contributed by atoms with Crippen LogP contribution in [0, 0.1) is 0 Å². The van der Waals surface area contributed by atoms with Gasteiger partial charge < -0.3 is 9.47 Å². The molecule has 2 aliphatic carbocycles. The van der Waals surface area contributed by atoms with Crippen LogP contribution in [0.15, 0.2) is 35.1 Å². The Kier molecular flexibility index (Phi) is 4.38. The van der Waals surface area contributed by atoms with Crippen molar-refractivity contribution in [2.75, 3.05) is 6.61 Å². The first-order valence-electron chi connectivity index (χ1n) is 10.3. The Morgan fingerprint density at radius 3 is 2.56 bits per heavy atom. The van der Waals surface area contributed by atoms with E-state index in [1.54, 1.807) is 6.07 Å². The Balaban J connectivity index is 1.21. The molecule has 0 spiro atoms. The molecule has 2 heterocycles. The fourth-order valence-electron chi connectivity index (χ4n) is 4.43. The van der Waals surface area contributed by atoms with E-state index in [0.29, 0.717) is 31.0 Å². The quantitative estimate of drug-likeness (QED) is 0.802. The molecule has 0 radical (unpaired) electrons. The van der Waals surface area contributed by atoms with Crippen molar-refractivity contribution in [2.24, 2.45) is 0 Å². The van der Waals surface area contributed by atoms with Gasteiger partial charge in [0.25, 0.3) is 11.6 Å². The Morgan fingerprint density at radius 1 is 1.04 bits per heavy atom. The third kappa shape index (κ3) is 3.60. The van der Waals surface area contributed by atoms with Crippen LogP contribution in [0.2, 0.25) is 0 Å². The molecule has 3 aliphatic rings. The monoisotopic (exact) mass is 366 g/mol. The molecule has 5 heteroatoms. The molecule has 142 valence electrons. The second-order valence-electron chi connectivity index (χ2n) is 8.14. The molecular formula is C22H26N2O3. The number of rotatable bonds is 5. The van der Waals surface area contributed by atoms with E-state index < -0.39 is 0 Å². The zero-order valence-corrected chi connectivity index (χ0v) is 15.6. The second kappa shape index (κ2) is 7.02. The summed E-state index contributed by atoms with van der Waals surface area (Å²) >= 11 is 0. The third-order valence-electron chi connectivity index (χ3n) is 6.07. The van der Waals surface area contributed by atoms with Crippen LogP contribution in [0.1, 0.15) is 68.0 Å². The molecule has 5 nitrogen and oxygen atoms in total. The predicted octanol–water partition coefficient (Wildman–Crippen LogP) is 4.01. The van der Waals surface area contributed by atoms with E-state index in [9.17, 15) is 4.79 Å². The van der Waals surface area contributed by atoms with E-state index >= 15 is 0 Å². The van der Waals surface area contributed by atoms with E-state index in [2.05, 4.69) is 33.8 Å². The molecule has 27 heavy (non-hydrogen) atoms. The molecule has 1 aliphatic heterocycles. The molecule has 1 unspecified atom stereocenters. The Hall–Kier alpha value is -2.30. The van der Waals surface area contributed by atoms with Gasteiger partial charge >= 0.3 is 0 Å². The highest BCUT2D eigenvalue weighted by Crippen LogP contribution is 2.41. The number of fused-ring (bicyclic) bond motifs is 1. The molecule has 0 amide bonds. The predicted molar refractivity (Wildman–Crippen MR) is 103 cm³/mol. The van der Waals surface area contributed by atoms with Gasteiger partial charge in [-0.1, -0.05) is 31.4 Å². The standard InChI is InChI=1S/C22H26N2O3/c25-21-12-20(17-6-7-17)24-13-19(27-22(24)23-21)14-26-18-10-8-16(9-11-18)15-4-2-1-3-5-15/h8-12,15,17,19H,1-7,13-14H2. The summed E-state index contributed by atoms with van der Waals surface area (Å²) in [6, 6.07) is 10.7. The average molecular weight is 366 g/mol. The summed E-state index contributed by atoms with van der Waals surface area (Å²) in [6.45, 7) is 1.17. The molecule has 2 saturated carbocycles. The summed E-state index contributed by atoms with van der Waals surface area (Å²) in [4.78, 5) is 15.8. The number of hydrogen-bond donors (Lipinski definition) is 0. The van der Waals surface area contributed by atoms with Gasteiger partial charge in [-0.2, -0.15) is 4.98 Å². The van der Waals surface area contributed by atoms with Gasteiger partial charge in [0.05, 0.1) is 6.54 Å². The topological polar surface area (TPSA) is 53.4 Å². The molecule has 2 fully saturated rings. The molecule has 1 atom stereocenters. The van der Waals surface area contributed by atoms with Crippen LogP contribution in [-0.2, 0) is 6.54 Å². The van der Waals surface area contributed by atoms with Crippen molar-refractivity contribution in [3.05, 3.63) is 51.9 Å². The molecular weight excluding hydrogens is 340 g/mol. The van der Waals surface area contributed by atoms with E-state index in [4.69, 9.17) is 9.47 Å². The number of hydrogen-bond acceptors (Lipinski definition) is 4. The van der Waals surface area contributed by atoms with E-state index in [0.717, 1.165) is 24.3 Å². The molecule has 1 aromatic carbocycles. The minimum Gasteiger partial charge on any atom is -0.490 e. The molecule has 1 aromatic heterocycles. The van der Waals surface area contributed by atoms with Gasteiger partial charge in [0.1, 0.15) is 12.4 Å². The van der Waals surface area contributed by atoms with E-state index in [1.165, 1.54) is 37.7 Å². The van der Waals surface area contributed by atoms with Crippen LogP contribution in [0.5, 0.6) is 11.8 Å². The highest BCUT2D eigenvalue weighted by molar-refractivity contribution is 5.30. The minimum absolute atomic E-state index is 0.102. The second-order valence-corrected chi connectivity index (χ2v) is 8.14. The lowest BCUT2D eigenvalue weighted by Gasteiger charge is -2.22. The van der Waals surface area contributed by atoms with E-state index in [1.807, 2.05) is 0 Å². The fraction of sp³-hybridized carbons (Fsp3) is 0.545. The normalized spacial score (nSPS) is 22.3. The van der Waals surface area contributed by atoms with Crippen molar-refractivity contribution in [2.45, 2.75) is 69.4 Å². The average Bonchev–Trinajstić information content (AvgIpc) is 3.47. The lowest BCUT2D eigenvalue weighted by atomic mass is 9.84. The van der Waals surface area contributed by atoms with Crippen LogP contribution < -0.4 is 15.0 Å². The molecule has 2 aromatic rings. The van der Waals surface area contributed by atoms with Crippen LogP contribution in [0.25, 0.3) is 0 Å². The first-order valence-corrected chi connectivity index (χ1v) is 10.3.